The number of nitrogens with two attached hydrogens (primary N) is 1. The van der Waals surface area contributed by atoms with E-state index in [0.717, 1.165) is 43.9 Å². The van der Waals surface area contributed by atoms with Gasteiger partial charge in [0, 0.05) is 24.6 Å². The van der Waals surface area contributed by atoms with Crippen molar-refractivity contribution in [1.29, 1.82) is 0 Å². The third-order valence-electron chi connectivity index (χ3n) is 3.98. The Kier molecular flexibility index (Phi) is 4.19. The minimum absolute atomic E-state index is 0.289. The second-order valence-electron chi connectivity index (χ2n) is 5.60. The molecule has 1 atom stereocenters. The molecule has 0 aliphatic carbocycles. The molecule has 0 aromatic carbocycles. The average Bonchev–Trinajstić information content (AvgIpc) is 3.16. The molecule has 1 unspecified atom stereocenters. The minimum atomic E-state index is -0.506. The lowest BCUT2D eigenvalue weighted by atomic mass is 9.94. The van der Waals surface area contributed by atoms with E-state index in [2.05, 4.69) is 25.2 Å². The number of piperidine rings is 1. The number of aromatic nitrogens is 4. The van der Waals surface area contributed by atoms with Gasteiger partial charge < -0.3 is 10.3 Å². The number of carbonyl (C=O) groups excluding carboxylic acids is 1. The van der Waals surface area contributed by atoms with Crippen molar-refractivity contribution in [2.75, 3.05) is 13.1 Å². The molecule has 3 heterocycles. The van der Waals surface area contributed by atoms with Crippen LogP contribution in [0.5, 0.6) is 0 Å². The first kappa shape index (κ1) is 14.7. The van der Waals surface area contributed by atoms with E-state index in [1.54, 1.807) is 6.07 Å². The fraction of sp³-hybridized carbons (Fsp3) is 0.571. The number of rotatable bonds is 5. The van der Waals surface area contributed by atoms with E-state index in [1.807, 2.05) is 6.92 Å². The summed E-state index contributed by atoms with van der Waals surface area (Å²) in [4.78, 5) is 17.8. The Hall–Kier alpha value is -2.22. The molecule has 1 amide bonds. The minimum Gasteiger partial charge on any atom is -0.364 e. The van der Waals surface area contributed by atoms with Gasteiger partial charge in [-0.15, -0.1) is 0 Å². The van der Waals surface area contributed by atoms with Crippen LogP contribution in [-0.2, 0) is 13.0 Å². The SMILES string of the molecule is CCc1noc(CN2CCCC(c3cc(C(N)=O)n[nH]3)C2)n1. The molecule has 0 radical (unpaired) electrons. The lowest BCUT2D eigenvalue weighted by molar-refractivity contribution is 0.0995. The summed E-state index contributed by atoms with van der Waals surface area (Å²) >= 11 is 0. The highest BCUT2D eigenvalue weighted by molar-refractivity contribution is 5.90. The first-order valence-corrected chi connectivity index (χ1v) is 7.54. The van der Waals surface area contributed by atoms with E-state index in [0.29, 0.717) is 18.4 Å². The van der Waals surface area contributed by atoms with Crippen LogP contribution in [0.4, 0.5) is 0 Å². The highest BCUT2D eigenvalue weighted by Gasteiger charge is 2.24. The molecule has 0 bridgehead atoms. The molecule has 1 aliphatic rings. The van der Waals surface area contributed by atoms with E-state index >= 15 is 0 Å². The van der Waals surface area contributed by atoms with Crippen LogP contribution in [0.3, 0.4) is 0 Å². The molecule has 8 nitrogen and oxygen atoms in total. The van der Waals surface area contributed by atoms with Gasteiger partial charge in [-0.05, 0) is 25.5 Å². The predicted molar refractivity (Wildman–Crippen MR) is 78.0 cm³/mol. The van der Waals surface area contributed by atoms with Gasteiger partial charge >= 0.3 is 0 Å². The summed E-state index contributed by atoms with van der Waals surface area (Å²) in [6, 6.07) is 1.75. The second kappa shape index (κ2) is 6.27. The Balaban J connectivity index is 1.64. The van der Waals surface area contributed by atoms with Gasteiger partial charge in [0.25, 0.3) is 5.91 Å². The number of hydrogen-bond donors (Lipinski definition) is 2. The Bertz CT molecular complexity index is 649. The quantitative estimate of drug-likeness (QED) is 0.845. The molecule has 1 aliphatic heterocycles. The maximum Gasteiger partial charge on any atom is 0.269 e. The molecule has 3 N–H and O–H groups in total. The van der Waals surface area contributed by atoms with E-state index in [1.165, 1.54) is 0 Å². The van der Waals surface area contributed by atoms with Crippen molar-refractivity contribution in [3.05, 3.63) is 29.2 Å². The zero-order valence-electron chi connectivity index (χ0n) is 12.6. The predicted octanol–water partition coefficient (Wildman–Crippen LogP) is 0.834. The number of aromatic amines is 1. The van der Waals surface area contributed by atoms with Crippen molar-refractivity contribution in [1.82, 2.24) is 25.2 Å². The molecular formula is C14H20N6O2. The van der Waals surface area contributed by atoms with Crippen molar-refractivity contribution >= 4 is 5.91 Å². The van der Waals surface area contributed by atoms with Gasteiger partial charge in [0.1, 0.15) is 5.69 Å². The average molecular weight is 304 g/mol. The van der Waals surface area contributed by atoms with E-state index in [9.17, 15) is 4.79 Å². The van der Waals surface area contributed by atoms with E-state index in [-0.39, 0.29) is 5.69 Å². The maximum absolute atomic E-state index is 11.1. The van der Waals surface area contributed by atoms with Crippen LogP contribution < -0.4 is 5.73 Å². The molecule has 118 valence electrons. The first-order chi connectivity index (χ1) is 10.7. The Morgan fingerprint density at radius 1 is 1.59 bits per heavy atom. The maximum atomic E-state index is 11.1. The van der Waals surface area contributed by atoms with Crippen LogP contribution in [-0.4, -0.2) is 44.2 Å². The van der Waals surface area contributed by atoms with Gasteiger partial charge in [-0.3, -0.25) is 14.8 Å². The smallest absolute Gasteiger partial charge is 0.269 e. The van der Waals surface area contributed by atoms with E-state index in [4.69, 9.17) is 10.3 Å². The number of nitrogens with zero attached hydrogens (tertiary/aromatic N) is 4. The fourth-order valence-corrected chi connectivity index (χ4v) is 2.81. The molecular weight excluding hydrogens is 284 g/mol. The number of hydrogen-bond acceptors (Lipinski definition) is 6. The number of amides is 1. The number of likely N-dealkylation sites (tertiary alicyclic amines) is 1. The molecule has 22 heavy (non-hydrogen) atoms. The molecule has 0 saturated carbocycles. The summed E-state index contributed by atoms with van der Waals surface area (Å²) in [5, 5.41) is 10.8. The first-order valence-electron chi connectivity index (χ1n) is 7.54. The second-order valence-corrected chi connectivity index (χ2v) is 5.60. The highest BCUT2D eigenvalue weighted by Crippen LogP contribution is 2.26. The summed E-state index contributed by atoms with van der Waals surface area (Å²) in [7, 11) is 0. The number of primary amides is 1. The molecule has 8 heteroatoms. The summed E-state index contributed by atoms with van der Waals surface area (Å²) in [5.41, 5.74) is 6.49. The monoisotopic (exact) mass is 304 g/mol. The Morgan fingerprint density at radius 2 is 2.45 bits per heavy atom. The molecule has 1 saturated heterocycles. The number of nitrogens with one attached hydrogen (secondary N) is 1. The van der Waals surface area contributed by atoms with Crippen molar-refractivity contribution in [3.63, 3.8) is 0 Å². The summed E-state index contributed by atoms with van der Waals surface area (Å²) < 4.78 is 5.25. The Labute approximate surface area is 128 Å². The lowest BCUT2D eigenvalue weighted by Crippen LogP contribution is -2.34. The van der Waals surface area contributed by atoms with Crippen LogP contribution in [0.15, 0.2) is 10.6 Å². The van der Waals surface area contributed by atoms with Gasteiger partial charge in [-0.2, -0.15) is 10.1 Å². The van der Waals surface area contributed by atoms with Crippen molar-refractivity contribution in [2.24, 2.45) is 5.73 Å². The topological polar surface area (TPSA) is 114 Å². The van der Waals surface area contributed by atoms with Gasteiger partial charge in [0.15, 0.2) is 5.82 Å². The fourth-order valence-electron chi connectivity index (χ4n) is 2.81. The molecule has 2 aromatic heterocycles. The normalized spacial score (nSPS) is 19.4. The molecule has 3 rings (SSSR count). The Morgan fingerprint density at radius 3 is 3.14 bits per heavy atom. The van der Waals surface area contributed by atoms with Crippen LogP contribution in [0.25, 0.3) is 0 Å². The van der Waals surface area contributed by atoms with Gasteiger partial charge in [-0.25, -0.2) is 0 Å². The summed E-state index contributed by atoms with van der Waals surface area (Å²) in [6.45, 7) is 4.52. The molecule has 1 fully saturated rings. The third-order valence-corrected chi connectivity index (χ3v) is 3.98. The third kappa shape index (κ3) is 3.16. The number of carbonyl (C=O) groups is 1. The largest absolute Gasteiger partial charge is 0.364 e. The van der Waals surface area contributed by atoms with Gasteiger partial charge in [0.2, 0.25) is 5.89 Å². The van der Waals surface area contributed by atoms with Gasteiger partial charge in [-0.1, -0.05) is 12.1 Å². The van der Waals surface area contributed by atoms with E-state index < -0.39 is 5.91 Å². The molecule has 2 aromatic rings. The zero-order chi connectivity index (χ0) is 15.5. The standard InChI is InChI=1S/C14H20N6O2/c1-2-12-16-13(22-19-12)8-20-5-3-4-9(7-20)10-6-11(14(15)21)18-17-10/h6,9H,2-5,7-8H2,1H3,(H2,15,21)(H,17,18). The zero-order valence-corrected chi connectivity index (χ0v) is 12.6. The van der Waals surface area contributed by atoms with Crippen LogP contribution in [0, 0.1) is 0 Å². The van der Waals surface area contributed by atoms with Crippen LogP contribution >= 0.6 is 0 Å². The van der Waals surface area contributed by atoms with Crippen LogP contribution in [0.1, 0.15) is 53.6 Å². The van der Waals surface area contributed by atoms with Crippen LogP contribution in [0.2, 0.25) is 0 Å². The summed E-state index contributed by atoms with van der Waals surface area (Å²) in [5.74, 6) is 1.19. The number of H-pyrrole nitrogens is 1. The highest BCUT2D eigenvalue weighted by atomic mass is 16.5. The van der Waals surface area contributed by atoms with Crippen molar-refractivity contribution < 1.29 is 9.32 Å². The summed E-state index contributed by atoms with van der Waals surface area (Å²) in [6.07, 6.45) is 2.90. The number of aryl methyl sites for hydroxylation is 1. The lowest BCUT2D eigenvalue weighted by Gasteiger charge is -2.30. The van der Waals surface area contributed by atoms with Crippen molar-refractivity contribution in [2.45, 2.75) is 38.6 Å². The van der Waals surface area contributed by atoms with Crippen molar-refractivity contribution in [3.8, 4) is 0 Å². The molecule has 0 spiro atoms. The van der Waals surface area contributed by atoms with Gasteiger partial charge in [0.05, 0.1) is 6.54 Å².